The lowest BCUT2D eigenvalue weighted by Gasteiger charge is -2.34. The number of hydrogen-bond acceptors (Lipinski definition) is 5. The first-order valence-electron chi connectivity index (χ1n) is 10.1. The average Bonchev–Trinajstić information content (AvgIpc) is 3.20. The number of hydrogen-bond donors (Lipinski definition) is 1. The lowest BCUT2D eigenvalue weighted by Crippen LogP contribution is -2.48. The molecule has 1 aromatic carbocycles. The Labute approximate surface area is 173 Å². The molecule has 0 atom stereocenters. The number of piperazine rings is 1. The standard InChI is InChI=1S/C21H26N6O3/c1-24-19-18(20(29)25(2)21(24)30)22-16(23-19)8-9-17(28)27-12-10-26(11-13-27)14-15-6-4-3-5-7-15/h3-7H,8-14H2,1-2H3,(H,22,23). The van der Waals surface area contributed by atoms with E-state index in [0.717, 1.165) is 24.2 Å². The Morgan fingerprint density at radius 3 is 2.43 bits per heavy atom. The minimum absolute atomic E-state index is 0.0802. The van der Waals surface area contributed by atoms with E-state index in [2.05, 4.69) is 27.0 Å². The molecule has 1 aliphatic rings. The van der Waals surface area contributed by atoms with E-state index in [1.807, 2.05) is 23.1 Å². The summed E-state index contributed by atoms with van der Waals surface area (Å²) >= 11 is 0. The van der Waals surface area contributed by atoms with E-state index in [9.17, 15) is 14.4 Å². The second-order valence-electron chi connectivity index (χ2n) is 7.73. The summed E-state index contributed by atoms with van der Waals surface area (Å²) < 4.78 is 2.38. The molecule has 1 N–H and O–H groups in total. The van der Waals surface area contributed by atoms with Gasteiger partial charge in [-0.05, 0) is 5.56 Å². The topological polar surface area (TPSA) is 96.2 Å². The molecule has 9 nitrogen and oxygen atoms in total. The molecule has 1 fully saturated rings. The molecule has 0 radical (unpaired) electrons. The molecule has 1 amide bonds. The molecule has 9 heteroatoms. The summed E-state index contributed by atoms with van der Waals surface area (Å²) in [5.41, 5.74) is 1.06. The molecule has 0 saturated carbocycles. The van der Waals surface area contributed by atoms with Gasteiger partial charge in [0.25, 0.3) is 5.56 Å². The van der Waals surface area contributed by atoms with Crippen molar-refractivity contribution in [1.82, 2.24) is 28.9 Å². The van der Waals surface area contributed by atoms with Crippen molar-refractivity contribution in [2.24, 2.45) is 14.1 Å². The van der Waals surface area contributed by atoms with Crippen molar-refractivity contribution in [2.75, 3.05) is 26.2 Å². The fraction of sp³-hybridized carbons (Fsp3) is 0.429. The van der Waals surface area contributed by atoms with Crippen molar-refractivity contribution in [1.29, 1.82) is 0 Å². The monoisotopic (exact) mass is 410 g/mol. The van der Waals surface area contributed by atoms with Crippen molar-refractivity contribution in [3.8, 4) is 0 Å². The fourth-order valence-electron chi connectivity index (χ4n) is 3.87. The normalized spacial score (nSPS) is 15.1. The Hall–Kier alpha value is -3.20. The van der Waals surface area contributed by atoms with Crippen LogP contribution in [0.5, 0.6) is 0 Å². The summed E-state index contributed by atoms with van der Waals surface area (Å²) in [6.07, 6.45) is 0.710. The minimum Gasteiger partial charge on any atom is -0.340 e. The van der Waals surface area contributed by atoms with Gasteiger partial charge in [0.15, 0.2) is 5.65 Å². The highest BCUT2D eigenvalue weighted by molar-refractivity contribution is 5.76. The maximum absolute atomic E-state index is 12.6. The molecule has 3 heterocycles. The van der Waals surface area contributed by atoms with Gasteiger partial charge in [0.1, 0.15) is 11.3 Å². The summed E-state index contributed by atoms with van der Waals surface area (Å²) in [5.74, 6) is 0.621. The van der Waals surface area contributed by atoms with Crippen LogP contribution in [0.3, 0.4) is 0 Å². The third-order valence-electron chi connectivity index (χ3n) is 5.69. The van der Waals surface area contributed by atoms with Crippen LogP contribution in [0.2, 0.25) is 0 Å². The van der Waals surface area contributed by atoms with E-state index in [1.54, 1.807) is 7.05 Å². The molecule has 4 rings (SSSR count). The first-order chi connectivity index (χ1) is 14.4. The van der Waals surface area contributed by atoms with Crippen molar-refractivity contribution >= 4 is 17.1 Å². The SMILES string of the molecule is Cn1c(=O)c2[nH]c(CCC(=O)N3CCN(Cc4ccccc4)CC3)nc2n(C)c1=O. The summed E-state index contributed by atoms with van der Waals surface area (Å²) in [6, 6.07) is 10.3. The molecule has 0 unspecified atom stereocenters. The zero-order chi connectivity index (χ0) is 21.3. The molecule has 30 heavy (non-hydrogen) atoms. The number of nitrogens with zero attached hydrogens (tertiary/aromatic N) is 5. The van der Waals surface area contributed by atoms with Gasteiger partial charge in [-0.1, -0.05) is 30.3 Å². The van der Waals surface area contributed by atoms with Gasteiger partial charge in [-0.2, -0.15) is 0 Å². The molecule has 2 aromatic heterocycles. The Morgan fingerprint density at radius 1 is 1.03 bits per heavy atom. The van der Waals surface area contributed by atoms with Crippen molar-refractivity contribution < 1.29 is 4.79 Å². The van der Waals surface area contributed by atoms with Crippen LogP contribution in [-0.2, 0) is 31.9 Å². The molecule has 1 aliphatic heterocycles. The highest BCUT2D eigenvalue weighted by Crippen LogP contribution is 2.11. The fourth-order valence-corrected chi connectivity index (χ4v) is 3.87. The number of benzene rings is 1. The highest BCUT2D eigenvalue weighted by Gasteiger charge is 2.21. The average molecular weight is 410 g/mol. The second kappa shape index (κ2) is 8.27. The summed E-state index contributed by atoms with van der Waals surface area (Å²) in [4.78, 5) is 48.5. The maximum Gasteiger partial charge on any atom is 0.332 e. The number of imidazole rings is 1. The zero-order valence-corrected chi connectivity index (χ0v) is 17.3. The predicted molar refractivity (Wildman–Crippen MR) is 113 cm³/mol. The number of carbonyl (C=O) groups is 1. The number of amides is 1. The number of nitrogens with one attached hydrogen (secondary N) is 1. The summed E-state index contributed by atoms with van der Waals surface area (Å²) in [7, 11) is 3.01. The summed E-state index contributed by atoms with van der Waals surface area (Å²) in [5, 5.41) is 0. The van der Waals surface area contributed by atoms with E-state index >= 15 is 0 Å². The van der Waals surface area contributed by atoms with Crippen molar-refractivity contribution in [2.45, 2.75) is 19.4 Å². The van der Waals surface area contributed by atoms with Crippen LogP contribution in [0, 0.1) is 0 Å². The second-order valence-corrected chi connectivity index (χ2v) is 7.73. The lowest BCUT2D eigenvalue weighted by atomic mass is 10.2. The number of H-pyrrole nitrogens is 1. The maximum atomic E-state index is 12.6. The smallest absolute Gasteiger partial charge is 0.332 e. The zero-order valence-electron chi connectivity index (χ0n) is 17.3. The van der Waals surface area contributed by atoms with Gasteiger partial charge in [-0.25, -0.2) is 9.78 Å². The van der Waals surface area contributed by atoms with Crippen LogP contribution in [-0.4, -0.2) is 61.0 Å². The van der Waals surface area contributed by atoms with Crippen LogP contribution in [0.4, 0.5) is 0 Å². The highest BCUT2D eigenvalue weighted by atomic mass is 16.2. The van der Waals surface area contributed by atoms with Gasteiger partial charge in [0.2, 0.25) is 5.91 Å². The number of carbonyl (C=O) groups excluding carboxylic acids is 1. The Bertz CT molecular complexity index is 1170. The molecular formula is C21H26N6O3. The van der Waals surface area contributed by atoms with Crippen LogP contribution in [0.1, 0.15) is 17.8 Å². The largest absolute Gasteiger partial charge is 0.340 e. The Morgan fingerprint density at radius 2 is 1.73 bits per heavy atom. The van der Waals surface area contributed by atoms with Crippen LogP contribution in [0.15, 0.2) is 39.9 Å². The van der Waals surface area contributed by atoms with E-state index in [1.165, 1.54) is 17.2 Å². The van der Waals surface area contributed by atoms with E-state index < -0.39 is 11.2 Å². The third kappa shape index (κ3) is 3.93. The van der Waals surface area contributed by atoms with E-state index in [-0.39, 0.29) is 11.4 Å². The predicted octanol–water partition coefficient (Wildman–Crippen LogP) is 0.237. The first-order valence-corrected chi connectivity index (χ1v) is 10.1. The van der Waals surface area contributed by atoms with E-state index in [4.69, 9.17) is 0 Å². The molecule has 0 bridgehead atoms. The lowest BCUT2D eigenvalue weighted by molar-refractivity contribution is -0.133. The summed E-state index contributed by atoms with van der Waals surface area (Å²) in [6.45, 7) is 4.02. The van der Waals surface area contributed by atoms with Crippen molar-refractivity contribution in [3.63, 3.8) is 0 Å². The number of aromatic amines is 1. The molecule has 0 aliphatic carbocycles. The van der Waals surface area contributed by atoms with Crippen LogP contribution < -0.4 is 11.2 Å². The van der Waals surface area contributed by atoms with Crippen LogP contribution >= 0.6 is 0 Å². The van der Waals surface area contributed by atoms with Crippen LogP contribution in [0.25, 0.3) is 11.2 Å². The number of aryl methyl sites for hydroxylation is 2. The minimum atomic E-state index is -0.421. The molecule has 1 saturated heterocycles. The molecule has 0 spiro atoms. The quantitative estimate of drug-likeness (QED) is 0.650. The number of fused-ring (bicyclic) bond motifs is 1. The van der Waals surface area contributed by atoms with Gasteiger partial charge in [-0.3, -0.25) is 23.6 Å². The molecular weight excluding hydrogens is 384 g/mol. The van der Waals surface area contributed by atoms with Gasteiger partial charge in [-0.15, -0.1) is 0 Å². The molecule has 158 valence electrons. The molecule has 3 aromatic rings. The van der Waals surface area contributed by atoms with Crippen molar-refractivity contribution in [3.05, 3.63) is 62.6 Å². The van der Waals surface area contributed by atoms with Gasteiger partial charge < -0.3 is 9.88 Å². The van der Waals surface area contributed by atoms with Gasteiger partial charge in [0.05, 0.1) is 0 Å². The Balaban J connectivity index is 1.34. The Kier molecular flexibility index (Phi) is 5.54. The number of aromatic nitrogens is 4. The first kappa shape index (κ1) is 20.1. The van der Waals surface area contributed by atoms with E-state index in [0.29, 0.717) is 37.4 Å². The number of rotatable bonds is 5. The van der Waals surface area contributed by atoms with Gasteiger partial charge in [0, 0.05) is 59.7 Å². The van der Waals surface area contributed by atoms with Gasteiger partial charge >= 0.3 is 5.69 Å². The third-order valence-corrected chi connectivity index (χ3v) is 5.69.